The zero-order chi connectivity index (χ0) is 14.5. The van der Waals surface area contributed by atoms with Crippen molar-refractivity contribution in [3.63, 3.8) is 0 Å². The van der Waals surface area contributed by atoms with Crippen LogP contribution in [0.1, 0.15) is 42.0 Å². The summed E-state index contributed by atoms with van der Waals surface area (Å²) in [7, 11) is 1.98. The number of aromatic nitrogens is 3. The molecule has 0 aromatic carbocycles. The van der Waals surface area contributed by atoms with E-state index in [-0.39, 0.29) is 6.04 Å². The fourth-order valence-electron chi connectivity index (χ4n) is 2.58. The maximum absolute atomic E-state index is 4.61. The molecule has 2 rings (SSSR count). The van der Waals surface area contributed by atoms with E-state index >= 15 is 0 Å². The summed E-state index contributed by atoms with van der Waals surface area (Å²) >= 11 is 0. The van der Waals surface area contributed by atoms with Crippen molar-refractivity contribution in [1.82, 2.24) is 19.9 Å². The maximum atomic E-state index is 4.61. The van der Waals surface area contributed by atoms with Gasteiger partial charge in [0.25, 0.3) is 0 Å². The lowest BCUT2D eigenvalue weighted by Gasteiger charge is -2.18. The monoisotopic (exact) mass is 272 g/mol. The van der Waals surface area contributed by atoms with Crippen molar-refractivity contribution in [1.29, 1.82) is 0 Å². The molecule has 2 aromatic rings. The number of pyridine rings is 1. The lowest BCUT2D eigenvalue weighted by atomic mass is 10.0. The maximum Gasteiger partial charge on any atom is 0.110 e. The zero-order valence-electron chi connectivity index (χ0n) is 12.8. The highest BCUT2D eigenvalue weighted by molar-refractivity contribution is 5.26. The molecule has 1 atom stereocenters. The fraction of sp³-hybridized carbons (Fsp3) is 0.500. The van der Waals surface area contributed by atoms with E-state index in [4.69, 9.17) is 0 Å². The molecular weight excluding hydrogens is 248 g/mol. The van der Waals surface area contributed by atoms with Crippen molar-refractivity contribution in [3.8, 4) is 0 Å². The van der Waals surface area contributed by atoms with E-state index in [1.807, 2.05) is 19.4 Å². The van der Waals surface area contributed by atoms with Gasteiger partial charge in [0.1, 0.15) is 5.82 Å². The van der Waals surface area contributed by atoms with Crippen LogP contribution in [0.25, 0.3) is 0 Å². The Morgan fingerprint density at radius 3 is 2.75 bits per heavy atom. The summed E-state index contributed by atoms with van der Waals surface area (Å²) in [5, 5.41) is 3.37. The molecule has 20 heavy (non-hydrogen) atoms. The SMILES string of the molecule is CCCn1ccnc1CC(NC)c1ncc(C)cc1C. The van der Waals surface area contributed by atoms with E-state index in [1.54, 1.807) is 0 Å². The largest absolute Gasteiger partial charge is 0.335 e. The molecule has 0 saturated carbocycles. The first-order valence-corrected chi connectivity index (χ1v) is 7.26. The highest BCUT2D eigenvalue weighted by Crippen LogP contribution is 2.19. The van der Waals surface area contributed by atoms with E-state index in [0.717, 1.165) is 30.9 Å². The molecule has 0 aliphatic carbocycles. The lowest BCUT2D eigenvalue weighted by Crippen LogP contribution is -2.23. The van der Waals surface area contributed by atoms with Crippen LogP contribution < -0.4 is 5.32 Å². The number of likely N-dealkylation sites (N-methyl/N-ethyl adjacent to an activating group) is 1. The number of nitrogens with one attached hydrogen (secondary N) is 1. The molecule has 2 heterocycles. The Balaban J connectivity index is 2.22. The molecule has 2 aromatic heterocycles. The van der Waals surface area contributed by atoms with Crippen molar-refractivity contribution in [3.05, 3.63) is 47.3 Å². The lowest BCUT2D eigenvalue weighted by molar-refractivity contribution is 0.530. The molecule has 0 fully saturated rings. The Morgan fingerprint density at radius 1 is 1.30 bits per heavy atom. The van der Waals surface area contributed by atoms with Crippen LogP contribution in [0.15, 0.2) is 24.7 Å². The van der Waals surface area contributed by atoms with Gasteiger partial charge in [0, 0.05) is 31.6 Å². The third kappa shape index (κ3) is 3.25. The second kappa shape index (κ2) is 6.66. The molecule has 0 spiro atoms. The van der Waals surface area contributed by atoms with Gasteiger partial charge in [-0.05, 0) is 38.4 Å². The van der Waals surface area contributed by atoms with Gasteiger partial charge in [-0.25, -0.2) is 4.98 Å². The van der Waals surface area contributed by atoms with Crippen LogP contribution in [0.3, 0.4) is 0 Å². The Labute approximate surface area is 121 Å². The third-order valence-electron chi connectivity index (χ3n) is 3.59. The van der Waals surface area contributed by atoms with E-state index in [9.17, 15) is 0 Å². The molecule has 4 nitrogen and oxygen atoms in total. The molecule has 0 bridgehead atoms. The normalized spacial score (nSPS) is 12.6. The summed E-state index contributed by atoms with van der Waals surface area (Å²) in [6.45, 7) is 7.40. The van der Waals surface area contributed by atoms with E-state index in [0.29, 0.717) is 0 Å². The minimum absolute atomic E-state index is 0.202. The second-order valence-corrected chi connectivity index (χ2v) is 5.30. The fourth-order valence-corrected chi connectivity index (χ4v) is 2.58. The summed E-state index contributed by atoms with van der Waals surface area (Å²) in [6.07, 6.45) is 7.86. The summed E-state index contributed by atoms with van der Waals surface area (Å²) in [5.41, 5.74) is 3.55. The quantitative estimate of drug-likeness (QED) is 0.879. The number of hydrogen-bond donors (Lipinski definition) is 1. The number of hydrogen-bond acceptors (Lipinski definition) is 3. The zero-order valence-corrected chi connectivity index (χ0v) is 12.8. The molecule has 1 N–H and O–H groups in total. The van der Waals surface area contributed by atoms with Crippen LogP contribution in [0.2, 0.25) is 0 Å². The van der Waals surface area contributed by atoms with Crippen molar-refractivity contribution < 1.29 is 0 Å². The molecule has 0 aliphatic rings. The standard InChI is InChI=1S/C16H24N4/c1-5-7-20-8-6-18-15(20)10-14(17-4)16-13(3)9-12(2)11-19-16/h6,8-9,11,14,17H,5,7,10H2,1-4H3. The summed E-state index contributed by atoms with van der Waals surface area (Å²) in [5.74, 6) is 1.12. The van der Waals surface area contributed by atoms with Gasteiger partial charge >= 0.3 is 0 Å². The first kappa shape index (κ1) is 14.7. The van der Waals surface area contributed by atoms with Gasteiger partial charge in [-0.15, -0.1) is 0 Å². The molecule has 0 amide bonds. The van der Waals surface area contributed by atoms with Crippen LogP contribution >= 0.6 is 0 Å². The van der Waals surface area contributed by atoms with Crippen LogP contribution in [0, 0.1) is 13.8 Å². The van der Waals surface area contributed by atoms with Crippen LogP contribution in [-0.4, -0.2) is 21.6 Å². The molecule has 4 heteroatoms. The number of aryl methyl sites for hydroxylation is 3. The van der Waals surface area contributed by atoms with Crippen LogP contribution in [0.5, 0.6) is 0 Å². The van der Waals surface area contributed by atoms with Crippen LogP contribution in [0.4, 0.5) is 0 Å². The van der Waals surface area contributed by atoms with Gasteiger partial charge in [-0.1, -0.05) is 13.0 Å². The Bertz CT molecular complexity index is 559. The topological polar surface area (TPSA) is 42.7 Å². The number of nitrogens with zero attached hydrogens (tertiary/aromatic N) is 3. The molecule has 108 valence electrons. The third-order valence-corrected chi connectivity index (χ3v) is 3.59. The van der Waals surface area contributed by atoms with E-state index < -0.39 is 0 Å². The first-order valence-electron chi connectivity index (χ1n) is 7.26. The minimum Gasteiger partial charge on any atom is -0.335 e. The molecule has 0 radical (unpaired) electrons. The summed E-state index contributed by atoms with van der Waals surface area (Å²) < 4.78 is 2.23. The minimum atomic E-state index is 0.202. The van der Waals surface area contributed by atoms with Gasteiger partial charge < -0.3 is 9.88 Å². The molecular formula is C16H24N4. The van der Waals surface area contributed by atoms with E-state index in [2.05, 4.69) is 52.9 Å². The predicted octanol–water partition coefficient (Wildman–Crippen LogP) is 2.81. The number of rotatable bonds is 6. The van der Waals surface area contributed by atoms with Crippen molar-refractivity contribution in [2.24, 2.45) is 0 Å². The highest BCUT2D eigenvalue weighted by Gasteiger charge is 2.16. The van der Waals surface area contributed by atoms with Crippen LogP contribution in [-0.2, 0) is 13.0 Å². The molecule has 1 unspecified atom stereocenters. The second-order valence-electron chi connectivity index (χ2n) is 5.30. The van der Waals surface area contributed by atoms with Gasteiger partial charge in [-0.3, -0.25) is 4.98 Å². The van der Waals surface area contributed by atoms with Crippen molar-refractivity contribution in [2.45, 2.75) is 46.2 Å². The first-order chi connectivity index (χ1) is 9.65. The van der Waals surface area contributed by atoms with E-state index in [1.165, 1.54) is 11.1 Å². The van der Waals surface area contributed by atoms with Gasteiger partial charge in [0.15, 0.2) is 0 Å². The Morgan fingerprint density at radius 2 is 2.10 bits per heavy atom. The smallest absolute Gasteiger partial charge is 0.110 e. The summed E-state index contributed by atoms with van der Waals surface area (Å²) in [6, 6.07) is 2.39. The predicted molar refractivity (Wildman–Crippen MR) is 81.7 cm³/mol. The Kier molecular flexibility index (Phi) is 4.90. The average Bonchev–Trinajstić information content (AvgIpc) is 2.84. The van der Waals surface area contributed by atoms with Gasteiger partial charge in [0.2, 0.25) is 0 Å². The summed E-state index contributed by atoms with van der Waals surface area (Å²) in [4.78, 5) is 9.10. The molecule has 0 saturated heterocycles. The number of imidazole rings is 1. The Hall–Kier alpha value is -1.68. The highest BCUT2D eigenvalue weighted by atomic mass is 15.1. The van der Waals surface area contributed by atoms with Crippen molar-refractivity contribution in [2.75, 3.05) is 7.05 Å². The van der Waals surface area contributed by atoms with Gasteiger partial charge in [-0.2, -0.15) is 0 Å². The molecule has 0 aliphatic heterocycles. The van der Waals surface area contributed by atoms with Crippen molar-refractivity contribution >= 4 is 0 Å². The van der Waals surface area contributed by atoms with Gasteiger partial charge in [0.05, 0.1) is 11.7 Å². The average molecular weight is 272 g/mol.